The lowest BCUT2D eigenvalue weighted by atomic mass is 10.3. The summed E-state index contributed by atoms with van der Waals surface area (Å²) >= 11 is 0. The lowest BCUT2D eigenvalue weighted by molar-refractivity contribution is 0.277. The zero-order chi connectivity index (χ0) is 12.4. The average molecular weight is 246 g/mol. The van der Waals surface area contributed by atoms with Crippen molar-refractivity contribution in [3.63, 3.8) is 0 Å². The van der Waals surface area contributed by atoms with E-state index in [4.69, 9.17) is 5.11 Å². The van der Waals surface area contributed by atoms with Crippen molar-refractivity contribution in [2.45, 2.75) is 38.7 Å². The first-order valence-corrected chi connectivity index (χ1v) is 6.75. The van der Waals surface area contributed by atoms with Crippen LogP contribution in [0.5, 0.6) is 0 Å². The molecule has 1 rings (SSSR count). The lowest BCUT2D eigenvalue weighted by Gasteiger charge is -2.19. The fraction of sp³-hybridized carbons (Fsp3) is 0.700. The van der Waals surface area contributed by atoms with Gasteiger partial charge >= 0.3 is 0 Å². The Morgan fingerprint density at radius 3 is 2.50 bits per heavy atom. The molecule has 0 aliphatic heterocycles. The van der Waals surface area contributed by atoms with E-state index in [0.29, 0.717) is 12.2 Å². The van der Waals surface area contributed by atoms with Gasteiger partial charge in [0.1, 0.15) is 0 Å². The van der Waals surface area contributed by atoms with Gasteiger partial charge in [-0.15, -0.1) is 0 Å². The van der Waals surface area contributed by atoms with Crippen LogP contribution in [0.15, 0.2) is 12.5 Å². The van der Waals surface area contributed by atoms with Gasteiger partial charge < -0.3 is 9.67 Å². The Bertz CT molecular complexity index is 443. The smallest absolute Gasteiger partial charge is 0.156 e. The molecule has 1 aromatic rings. The van der Waals surface area contributed by atoms with Gasteiger partial charge in [-0.25, -0.2) is 13.4 Å². The van der Waals surface area contributed by atoms with Crippen molar-refractivity contribution in [3.05, 3.63) is 18.2 Å². The Morgan fingerprint density at radius 2 is 2.06 bits per heavy atom. The highest BCUT2D eigenvalue weighted by molar-refractivity contribution is 7.92. The van der Waals surface area contributed by atoms with Crippen LogP contribution in [-0.4, -0.2) is 33.6 Å². The van der Waals surface area contributed by atoms with E-state index in [9.17, 15) is 8.42 Å². The van der Waals surface area contributed by atoms with E-state index >= 15 is 0 Å². The van der Waals surface area contributed by atoms with Crippen molar-refractivity contribution in [1.82, 2.24) is 9.55 Å². The van der Waals surface area contributed by atoms with Crippen molar-refractivity contribution in [2.75, 3.05) is 5.75 Å². The Morgan fingerprint density at radius 1 is 1.44 bits per heavy atom. The molecule has 0 aromatic carbocycles. The largest absolute Gasteiger partial charge is 0.390 e. The average Bonchev–Trinajstić information content (AvgIpc) is 2.60. The monoisotopic (exact) mass is 246 g/mol. The molecular weight excluding hydrogens is 228 g/mol. The first-order chi connectivity index (χ1) is 7.26. The van der Waals surface area contributed by atoms with Gasteiger partial charge in [0, 0.05) is 12.7 Å². The van der Waals surface area contributed by atoms with Gasteiger partial charge in [-0.1, -0.05) is 0 Å². The number of hydrogen-bond donors (Lipinski definition) is 1. The molecule has 0 spiro atoms. The molecule has 1 aromatic heterocycles. The number of rotatable bonds is 4. The van der Waals surface area contributed by atoms with Gasteiger partial charge in [-0.3, -0.25) is 0 Å². The summed E-state index contributed by atoms with van der Waals surface area (Å²) in [6, 6.07) is 0. The van der Waals surface area contributed by atoms with Crippen LogP contribution in [0.1, 0.15) is 26.5 Å². The minimum absolute atomic E-state index is 0.0811. The highest BCUT2D eigenvalue weighted by atomic mass is 32.2. The van der Waals surface area contributed by atoms with Crippen molar-refractivity contribution in [3.8, 4) is 0 Å². The highest BCUT2D eigenvalue weighted by Crippen LogP contribution is 2.16. The van der Waals surface area contributed by atoms with Crippen LogP contribution in [0.25, 0.3) is 0 Å². The number of nitrogens with zero attached hydrogens (tertiary/aromatic N) is 2. The predicted molar refractivity (Wildman–Crippen MR) is 61.7 cm³/mol. The second-order valence-electron chi connectivity index (χ2n) is 4.69. The van der Waals surface area contributed by atoms with Gasteiger partial charge in [0.25, 0.3) is 0 Å². The zero-order valence-corrected chi connectivity index (χ0v) is 10.7. The normalized spacial score (nSPS) is 13.0. The molecular formula is C10H18N2O3S. The van der Waals surface area contributed by atoms with Crippen molar-refractivity contribution in [1.29, 1.82) is 0 Å². The Labute approximate surface area is 96.0 Å². The molecule has 0 aliphatic carbocycles. The second kappa shape index (κ2) is 4.55. The van der Waals surface area contributed by atoms with Crippen LogP contribution in [0, 0.1) is 0 Å². The number of aromatic nitrogens is 2. The summed E-state index contributed by atoms with van der Waals surface area (Å²) < 4.78 is 24.6. The summed E-state index contributed by atoms with van der Waals surface area (Å²) in [6.07, 6.45) is 3.18. The minimum Gasteiger partial charge on any atom is -0.390 e. The van der Waals surface area contributed by atoms with E-state index < -0.39 is 14.6 Å². The van der Waals surface area contributed by atoms with E-state index in [2.05, 4.69) is 4.98 Å². The number of hydrogen-bond acceptors (Lipinski definition) is 4. The number of aliphatic hydroxyl groups excluding tert-OH is 1. The van der Waals surface area contributed by atoms with Gasteiger partial charge in [-0.2, -0.15) is 0 Å². The van der Waals surface area contributed by atoms with E-state index in [1.165, 1.54) is 6.33 Å². The fourth-order valence-electron chi connectivity index (χ4n) is 1.14. The second-order valence-corrected chi connectivity index (χ2v) is 7.55. The third-order valence-electron chi connectivity index (χ3n) is 2.40. The van der Waals surface area contributed by atoms with Gasteiger partial charge in [0.05, 0.1) is 29.1 Å². The van der Waals surface area contributed by atoms with E-state index in [1.807, 2.05) is 0 Å². The standard InChI is InChI=1S/C10H18N2O3S/c1-10(2,3)16(14,15)5-4-12-6-9(7-13)11-8-12/h6,8,13H,4-5,7H2,1-3H3. The van der Waals surface area contributed by atoms with Gasteiger partial charge in [0.2, 0.25) is 0 Å². The van der Waals surface area contributed by atoms with Crippen molar-refractivity contribution >= 4 is 9.84 Å². The first-order valence-electron chi connectivity index (χ1n) is 5.10. The Hall–Kier alpha value is -0.880. The lowest BCUT2D eigenvalue weighted by Crippen LogP contribution is -2.31. The molecule has 0 saturated carbocycles. The third kappa shape index (κ3) is 3.05. The van der Waals surface area contributed by atoms with Crippen molar-refractivity contribution in [2.24, 2.45) is 0 Å². The van der Waals surface area contributed by atoms with Crippen LogP contribution < -0.4 is 0 Å². The maximum absolute atomic E-state index is 11.8. The first kappa shape index (κ1) is 13.2. The van der Waals surface area contributed by atoms with E-state index in [1.54, 1.807) is 31.5 Å². The van der Waals surface area contributed by atoms with E-state index in [-0.39, 0.29) is 12.4 Å². The molecule has 16 heavy (non-hydrogen) atoms. The molecule has 92 valence electrons. The SMILES string of the molecule is CC(C)(C)S(=O)(=O)CCn1cnc(CO)c1. The zero-order valence-electron chi connectivity index (χ0n) is 9.84. The van der Waals surface area contributed by atoms with Crippen molar-refractivity contribution < 1.29 is 13.5 Å². The molecule has 0 aliphatic rings. The molecule has 0 fully saturated rings. The molecule has 0 radical (unpaired) electrons. The van der Waals surface area contributed by atoms with Crippen LogP contribution in [-0.2, 0) is 23.0 Å². The minimum atomic E-state index is -3.10. The number of aryl methyl sites for hydroxylation is 1. The molecule has 0 atom stereocenters. The van der Waals surface area contributed by atoms with Crippen LogP contribution in [0.3, 0.4) is 0 Å². The highest BCUT2D eigenvalue weighted by Gasteiger charge is 2.28. The topological polar surface area (TPSA) is 72.2 Å². The van der Waals surface area contributed by atoms with E-state index in [0.717, 1.165) is 0 Å². The number of aliphatic hydroxyl groups is 1. The maximum Gasteiger partial charge on any atom is 0.156 e. The van der Waals surface area contributed by atoms with Crippen LogP contribution >= 0.6 is 0 Å². The number of imidazole rings is 1. The molecule has 6 heteroatoms. The third-order valence-corrected chi connectivity index (χ3v) is 4.99. The molecule has 0 amide bonds. The molecule has 0 saturated heterocycles. The summed E-state index contributed by atoms with van der Waals surface area (Å²) in [6.45, 7) is 5.31. The summed E-state index contributed by atoms with van der Waals surface area (Å²) in [4.78, 5) is 3.92. The summed E-state index contributed by atoms with van der Waals surface area (Å²) in [5.74, 6) is 0.0811. The molecule has 1 heterocycles. The maximum atomic E-state index is 11.8. The molecule has 0 bridgehead atoms. The molecule has 0 unspecified atom stereocenters. The summed E-state index contributed by atoms with van der Waals surface area (Å²) in [5, 5.41) is 8.81. The Balaban J connectivity index is 2.65. The fourth-order valence-corrected chi connectivity index (χ4v) is 2.21. The summed E-state index contributed by atoms with van der Waals surface area (Å²) in [5.41, 5.74) is 0.549. The Kier molecular flexibility index (Phi) is 3.75. The molecule has 5 nitrogen and oxygen atoms in total. The molecule has 1 N–H and O–H groups in total. The predicted octanol–water partition coefficient (Wildman–Crippen LogP) is 0.589. The van der Waals surface area contributed by atoms with Gasteiger partial charge in [0.15, 0.2) is 9.84 Å². The summed E-state index contributed by atoms with van der Waals surface area (Å²) in [7, 11) is -3.10. The van der Waals surface area contributed by atoms with Gasteiger partial charge in [-0.05, 0) is 20.8 Å². The van der Waals surface area contributed by atoms with Crippen LogP contribution in [0.4, 0.5) is 0 Å². The van der Waals surface area contributed by atoms with Crippen LogP contribution in [0.2, 0.25) is 0 Å². The number of sulfone groups is 1. The quantitative estimate of drug-likeness (QED) is 0.844.